The van der Waals surface area contributed by atoms with Gasteiger partial charge in [0.25, 0.3) is 0 Å². The molecule has 0 spiro atoms. The summed E-state index contributed by atoms with van der Waals surface area (Å²) in [6, 6.07) is 9.64. The third-order valence-corrected chi connectivity index (χ3v) is 4.26. The second-order valence-corrected chi connectivity index (χ2v) is 5.83. The molecule has 112 valence electrons. The lowest BCUT2D eigenvalue weighted by Crippen LogP contribution is -2.36. The van der Waals surface area contributed by atoms with Crippen LogP contribution in [-0.2, 0) is 11.3 Å². The average molecular weight is 277 g/mol. The molecule has 0 radical (unpaired) electrons. The second kappa shape index (κ2) is 7.18. The van der Waals surface area contributed by atoms with Gasteiger partial charge in [-0.25, -0.2) is 0 Å². The van der Waals surface area contributed by atoms with Gasteiger partial charge in [0.1, 0.15) is 0 Å². The van der Waals surface area contributed by atoms with Crippen LogP contribution < -0.4 is 5.73 Å². The Morgan fingerprint density at radius 2 is 2.05 bits per heavy atom. The van der Waals surface area contributed by atoms with Crippen LogP contribution in [0.5, 0.6) is 0 Å². The summed E-state index contributed by atoms with van der Waals surface area (Å²) in [7, 11) is 6.04. The maximum Gasteiger partial charge on any atom is 0.0713 e. The molecular formula is C16H27N3O. The van der Waals surface area contributed by atoms with Gasteiger partial charge in [0.05, 0.1) is 6.61 Å². The van der Waals surface area contributed by atoms with Crippen molar-refractivity contribution in [1.82, 2.24) is 9.80 Å². The van der Waals surface area contributed by atoms with Crippen molar-refractivity contribution in [2.24, 2.45) is 5.73 Å². The number of nitrogens with two attached hydrogens (primary N) is 1. The highest BCUT2D eigenvalue weighted by molar-refractivity contribution is 5.25. The number of benzene rings is 1. The van der Waals surface area contributed by atoms with Crippen molar-refractivity contribution in [2.75, 3.05) is 40.8 Å². The molecule has 0 aromatic heterocycles. The predicted octanol–water partition coefficient (Wildman–Crippen LogP) is 1.47. The van der Waals surface area contributed by atoms with E-state index >= 15 is 0 Å². The highest BCUT2D eigenvalue weighted by Crippen LogP contribution is 2.26. The molecule has 0 saturated carbocycles. The number of hydrogen-bond acceptors (Lipinski definition) is 4. The molecule has 1 aliphatic heterocycles. The van der Waals surface area contributed by atoms with E-state index in [9.17, 15) is 0 Å². The van der Waals surface area contributed by atoms with Crippen LogP contribution in [0.1, 0.15) is 23.6 Å². The predicted molar refractivity (Wildman–Crippen MR) is 82.6 cm³/mol. The fourth-order valence-electron chi connectivity index (χ4n) is 2.97. The molecule has 4 heteroatoms. The number of likely N-dealkylation sites (tertiary alicyclic amines) is 1. The highest BCUT2D eigenvalue weighted by atomic mass is 16.5. The monoisotopic (exact) mass is 277 g/mol. The van der Waals surface area contributed by atoms with Crippen molar-refractivity contribution in [3.63, 3.8) is 0 Å². The first-order valence-corrected chi connectivity index (χ1v) is 7.34. The molecule has 4 nitrogen and oxygen atoms in total. The van der Waals surface area contributed by atoms with E-state index in [0.29, 0.717) is 25.2 Å². The van der Waals surface area contributed by atoms with Crippen LogP contribution in [0, 0.1) is 0 Å². The van der Waals surface area contributed by atoms with E-state index in [2.05, 4.69) is 48.2 Å². The van der Waals surface area contributed by atoms with Gasteiger partial charge in [-0.05, 0) is 31.6 Å². The SMILES string of the molecule is COCc1ccc(C(CN)N2CCC(N(C)C)C2)cc1. The first-order chi connectivity index (χ1) is 9.65. The topological polar surface area (TPSA) is 41.7 Å². The summed E-state index contributed by atoms with van der Waals surface area (Å²) in [6.45, 7) is 3.57. The van der Waals surface area contributed by atoms with Crippen molar-refractivity contribution in [3.05, 3.63) is 35.4 Å². The first-order valence-electron chi connectivity index (χ1n) is 7.34. The zero-order valence-electron chi connectivity index (χ0n) is 12.9. The molecule has 0 bridgehead atoms. The maximum absolute atomic E-state index is 6.02. The minimum absolute atomic E-state index is 0.330. The molecule has 2 rings (SSSR count). The Balaban J connectivity index is 2.04. The van der Waals surface area contributed by atoms with E-state index in [0.717, 1.165) is 13.1 Å². The Morgan fingerprint density at radius 1 is 1.35 bits per heavy atom. The Hall–Kier alpha value is -0.940. The van der Waals surface area contributed by atoms with Crippen molar-refractivity contribution in [1.29, 1.82) is 0 Å². The van der Waals surface area contributed by atoms with E-state index in [1.807, 2.05) is 0 Å². The Bertz CT molecular complexity index is 405. The molecule has 0 aliphatic carbocycles. The normalized spacial score (nSPS) is 21.6. The summed E-state index contributed by atoms with van der Waals surface area (Å²) in [5.74, 6) is 0. The lowest BCUT2D eigenvalue weighted by molar-refractivity contribution is 0.184. The van der Waals surface area contributed by atoms with Gasteiger partial charge < -0.3 is 15.4 Å². The van der Waals surface area contributed by atoms with Crippen molar-refractivity contribution < 1.29 is 4.74 Å². The van der Waals surface area contributed by atoms with Gasteiger partial charge in [0.15, 0.2) is 0 Å². The van der Waals surface area contributed by atoms with Crippen molar-refractivity contribution >= 4 is 0 Å². The highest BCUT2D eigenvalue weighted by Gasteiger charge is 2.29. The molecule has 2 atom stereocenters. The standard InChI is InChI=1S/C16H27N3O/c1-18(2)15-8-9-19(11-15)16(10-17)14-6-4-13(5-7-14)12-20-3/h4-7,15-16H,8-12,17H2,1-3H3. The molecule has 0 amide bonds. The lowest BCUT2D eigenvalue weighted by Gasteiger charge is -2.28. The summed E-state index contributed by atoms with van der Waals surface area (Å²) in [5.41, 5.74) is 8.54. The summed E-state index contributed by atoms with van der Waals surface area (Å²) in [5, 5.41) is 0. The van der Waals surface area contributed by atoms with Gasteiger partial charge in [0.2, 0.25) is 0 Å². The van der Waals surface area contributed by atoms with Gasteiger partial charge in [-0.3, -0.25) is 4.90 Å². The van der Waals surface area contributed by atoms with E-state index < -0.39 is 0 Å². The number of methoxy groups -OCH3 is 1. The van der Waals surface area contributed by atoms with Crippen LogP contribution in [0.4, 0.5) is 0 Å². The van der Waals surface area contributed by atoms with Gasteiger partial charge in [0, 0.05) is 38.8 Å². The van der Waals surface area contributed by atoms with E-state index in [1.54, 1.807) is 7.11 Å². The van der Waals surface area contributed by atoms with E-state index in [1.165, 1.54) is 17.5 Å². The molecule has 1 saturated heterocycles. The van der Waals surface area contributed by atoms with Crippen LogP contribution in [0.2, 0.25) is 0 Å². The van der Waals surface area contributed by atoms with Crippen LogP contribution in [0.25, 0.3) is 0 Å². The lowest BCUT2D eigenvalue weighted by atomic mass is 10.0. The quantitative estimate of drug-likeness (QED) is 0.855. The minimum Gasteiger partial charge on any atom is -0.380 e. The zero-order chi connectivity index (χ0) is 14.5. The largest absolute Gasteiger partial charge is 0.380 e. The molecule has 1 heterocycles. The third kappa shape index (κ3) is 3.58. The number of rotatable bonds is 6. The third-order valence-electron chi connectivity index (χ3n) is 4.26. The van der Waals surface area contributed by atoms with Crippen LogP contribution in [-0.4, -0.2) is 56.7 Å². The van der Waals surface area contributed by atoms with E-state index in [4.69, 9.17) is 10.5 Å². The molecule has 2 unspecified atom stereocenters. The molecule has 1 aromatic rings. The summed E-state index contributed by atoms with van der Waals surface area (Å²) in [4.78, 5) is 4.82. The average Bonchev–Trinajstić information content (AvgIpc) is 2.92. The molecule has 1 aromatic carbocycles. The molecule has 20 heavy (non-hydrogen) atoms. The van der Waals surface area contributed by atoms with Crippen molar-refractivity contribution in [3.8, 4) is 0 Å². The van der Waals surface area contributed by atoms with Crippen LogP contribution >= 0.6 is 0 Å². The van der Waals surface area contributed by atoms with Gasteiger partial charge >= 0.3 is 0 Å². The molecule has 1 fully saturated rings. The van der Waals surface area contributed by atoms with Crippen LogP contribution in [0.3, 0.4) is 0 Å². The number of nitrogens with zero attached hydrogens (tertiary/aromatic N) is 2. The summed E-state index contributed by atoms with van der Waals surface area (Å²) in [6.07, 6.45) is 1.23. The fraction of sp³-hybridized carbons (Fsp3) is 0.625. The molecule has 2 N–H and O–H groups in total. The zero-order valence-corrected chi connectivity index (χ0v) is 12.9. The smallest absolute Gasteiger partial charge is 0.0713 e. The van der Waals surface area contributed by atoms with E-state index in [-0.39, 0.29) is 0 Å². The minimum atomic E-state index is 0.330. The number of likely N-dealkylation sites (N-methyl/N-ethyl adjacent to an activating group) is 1. The first kappa shape index (κ1) is 15.4. The Labute approximate surface area is 122 Å². The second-order valence-electron chi connectivity index (χ2n) is 5.83. The molecule has 1 aliphatic rings. The Kier molecular flexibility index (Phi) is 5.54. The number of hydrogen-bond donors (Lipinski definition) is 1. The summed E-state index contributed by atoms with van der Waals surface area (Å²) < 4.78 is 5.15. The number of ether oxygens (including phenoxy) is 1. The fourth-order valence-corrected chi connectivity index (χ4v) is 2.97. The van der Waals surface area contributed by atoms with Gasteiger partial charge in [-0.2, -0.15) is 0 Å². The Morgan fingerprint density at radius 3 is 2.55 bits per heavy atom. The molecular weight excluding hydrogens is 250 g/mol. The maximum atomic E-state index is 6.02. The summed E-state index contributed by atoms with van der Waals surface area (Å²) >= 11 is 0. The van der Waals surface area contributed by atoms with Gasteiger partial charge in [-0.15, -0.1) is 0 Å². The van der Waals surface area contributed by atoms with Crippen molar-refractivity contribution in [2.45, 2.75) is 25.1 Å². The van der Waals surface area contributed by atoms with Crippen LogP contribution in [0.15, 0.2) is 24.3 Å². The van der Waals surface area contributed by atoms with Gasteiger partial charge in [-0.1, -0.05) is 24.3 Å².